The van der Waals surface area contributed by atoms with E-state index in [2.05, 4.69) is 42.7 Å². The molecule has 3 aromatic carbocycles. The van der Waals surface area contributed by atoms with Gasteiger partial charge in [-0.3, -0.25) is 9.36 Å². The first kappa shape index (κ1) is 31.8. The van der Waals surface area contributed by atoms with Gasteiger partial charge in [0.25, 0.3) is 5.56 Å². The number of ether oxygens (including phenoxy) is 2. The summed E-state index contributed by atoms with van der Waals surface area (Å²) in [6, 6.07) is 25.6. The normalized spacial score (nSPS) is 13.8. The number of nitrogen functional groups attached to an aromatic ring is 1. The van der Waals surface area contributed by atoms with Gasteiger partial charge >= 0.3 is 0 Å². The maximum absolute atomic E-state index is 13.8. The lowest BCUT2D eigenvalue weighted by Gasteiger charge is -2.24. The van der Waals surface area contributed by atoms with E-state index in [0.29, 0.717) is 34.7 Å². The van der Waals surface area contributed by atoms with Gasteiger partial charge < -0.3 is 20.5 Å². The second-order valence-corrected chi connectivity index (χ2v) is 11.6. The molecule has 0 amide bonds. The molecule has 1 saturated carbocycles. The first-order valence-corrected chi connectivity index (χ1v) is 15.6. The number of aryl methyl sites for hydroxylation is 1. The van der Waals surface area contributed by atoms with Crippen molar-refractivity contribution in [3.05, 3.63) is 142 Å². The van der Waals surface area contributed by atoms with Crippen molar-refractivity contribution in [1.29, 1.82) is 0 Å². The minimum atomic E-state index is -0.287. The highest BCUT2D eigenvalue weighted by Crippen LogP contribution is 2.29. The van der Waals surface area contributed by atoms with Crippen molar-refractivity contribution in [3.8, 4) is 11.4 Å². The Labute approximate surface area is 265 Å². The molecule has 1 aliphatic rings. The Bertz CT molecular complexity index is 1680. The van der Waals surface area contributed by atoms with Gasteiger partial charge in [0, 0.05) is 11.6 Å². The maximum atomic E-state index is 13.8. The van der Waals surface area contributed by atoms with Crippen LogP contribution in [-0.4, -0.2) is 29.9 Å². The lowest BCUT2D eigenvalue weighted by molar-refractivity contribution is 0.105. The van der Waals surface area contributed by atoms with E-state index in [4.69, 9.17) is 15.2 Å². The molecule has 0 spiro atoms. The lowest BCUT2D eigenvalue weighted by atomic mass is 9.98. The van der Waals surface area contributed by atoms with Crippen LogP contribution in [-0.2, 0) is 11.2 Å². The molecule has 5 rings (SSSR count). The lowest BCUT2D eigenvalue weighted by Crippen LogP contribution is -2.36. The van der Waals surface area contributed by atoms with E-state index in [-0.39, 0.29) is 29.3 Å². The van der Waals surface area contributed by atoms with E-state index in [9.17, 15) is 9.18 Å². The molecule has 0 unspecified atom stereocenters. The second-order valence-electron chi connectivity index (χ2n) is 11.6. The van der Waals surface area contributed by atoms with E-state index < -0.39 is 0 Å². The molecule has 0 radical (unpaired) electrons. The Hall–Kier alpha value is -4.62. The van der Waals surface area contributed by atoms with Crippen LogP contribution in [0.5, 0.6) is 5.75 Å². The highest BCUT2D eigenvalue weighted by Gasteiger charge is 2.21. The summed E-state index contributed by atoms with van der Waals surface area (Å²) >= 11 is 0. The molecule has 1 aromatic heterocycles. The number of nitrogens with two attached hydrogens (primary N) is 1. The average molecular weight is 608 g/mol. The van der Waals surface area contributed by atoms with Crippen molar-refractivity contribution < 1.29 is 13.9 Å². The minimum absolute atomic E-state index is 0.0231. The summed E-state index contributed by atoms with van der Waals surface area (Å²) in [5.74, 6) is 1.47. The van der Waals surface area contributed by atoms with E-state index in [1.807, 2.05) is 18.2 Å². The average Bonchev–Trinajstić information content (AvgIpc) is 3.55. The molecule has 1 aliphatic carbocycles. The number of aromatic nitrogens is 1. The quantitative estimate of drug-likeness (QED) is 0.116. The fraction of sp³-hybridized carbons (Fsp3) is 0.289. The summed E-state index contributed by atoms with van der Waals surface area (Å²) < 4.78 is 27.5. The molecule has 1 atom stereocenters. The molecular weight excluding hydrogens is 565 g/mol. The van der Waals surface area contributed by atoms with Crippen molar-refractivity contribution in [3.63, 3.8) is 0 Å². The largest absolute Gasteiger partial charge is 0.494 e. The topological polar surface area (TPSA) is 78.5 Å². The monoisotopic (exact) mass is 607 g/mol. The molecular formula is C38H42FN3O3. The first-order chi connectivity index (χ1) is 21.8. The zero-order valence-corrected chi connectivity index (χ0v) is 25.9. The van der Waals surface area contributed by atoms with Crippen molar-refractivity contribution in [1.82, 2.24) is 9.88 Å². The number of anilines is 1. The molecule has 6 nitrogen and oxygen atoms in total. The van der Waals surface area contributed by atoms with Crippen LogP contribution in [0.4, 0.5) is 10.2 Å². The van der Waals surface area contributed by atoms with Crippen LogP contribution >= 0.6 is 0 Å². The summed E-state index contributed by atoms with van der Waals surface area (Å²) in [4.78, 5) is 12.8. The highest BCUT2D eigenvalue weighted by molar-refractivity contribution is 5.83. The van der Waals surface area contributed by atoms with Crippen molar-refractivity contribution >= 4 is 11.4 Å². The first-order valence-electron chi connectivity index (χ1n) is 15.6. The SMILES string of the molecule is C=C(c1ccc(F)c(C)c1)c1ccc(=O)n(-c2ccc(OCCCN[C@@H](Cc3ccccc3)C(=C)OC3CCCC3)cc2)c1N. The molecule has 7 heteroatoms. The standard InChI is InChI=1S/C38H42FN3O3/c1-26-24-30(14-20-35(26)39)27(2)34-19-21-37(43)42(38(34)40)31-15-17-32(18-16-31)44-23-9-22-41-36(25-29-10-5-4-6-11-29)28(3)45-33-12-7-8-13-33/h4-6,10-11,14-21,24,33,36,41H,2-3,7-9,12-13,22-23,25,40H2,1H3/t36-/m0/s1. The molecule has 1 heterocycles. The summed E-state index contributed by atoms with van der Waals surface area (Å²) in [5.41, 5.74) is 10.5. The Morgan fingerprint density at radius 2 is 1.76 bits per heavy atom. The third kappa shape index (κ3) is 8.11. The molecule has 234 valence electrons. The summed E-state index contributed by atoms with van der Waals surface area (Å²) in [7, 11) is 0. The van der Waals surface area contributed by atoms with Crippen LogP contribution in [0.25, 0.3) is 11.3 Å². The number of benzene rings is 3. The molecule has 0 saturated heterocycles. The summed E-state index contributed by atoms with van der Waals surface area (Å²) in [6.45, 7) is 11.4. The van der Waals surface area contributed by atoms with Gasteiger partial charge in [-0.15, -0.1) is 0 Å². The number of hydrogen-bond acceptors (Lipinski definition) is 5. The Kier molecular flexibility index (Phi) is 10.5. The van der Waals surface area contributed by atoms with Crippen molar-refractivity contribution in [2.24, 2.45) is 0 Å². The fourth-order valence-electron chi connectivity index (χ4n) is 5.75. The summed E-state index contributed by atoms with van der Waals surface area (Å²) in [5, 5.41) is 3.62. The van der Waals surface area contributed by atoms with Crippen LogP contribution < -0.4 is 21.3 Å². The minimum Gasteiger partial charge on any atom is -0.494 e. The predicted octanol–water partition coefficient (Wildman–Crippen LogP) is 7.37. The Morgan fingerprint density at radius 3 is 2.47 bits per heavy atom. The number of nitrogens with zero attached hydrogens (tertiary/aromatic N) is 1. The Balaban J connectivity index is 1.17. The van der Waals surface area contributed by atoms with Gasteiger partial charge in [0.05, 0.1) is 24.4 Å². The number of hydrogen-bond donors (Lipinski definition) is 2. The van der Waals surface area contributed by atoms with Gasteiger partial charge in [-0.05, 0) is 117 Å². The van der Waals surface area contributed by atoms with Gasteiger partial charge in [-0.1, -0.05) is 49.6 Å². The smallest absolute Gasteiger partial charge is 0.256 e. The zero-order chi connectivity index (χ0) is 31.8. The molecule has 0 aliphatic heterocycles. The van der Waals surface area contributed by atoms with E-state index >= 15 is 0 Å². The van der Waals surface area contributed by atoms with Crippen molar-refractivity contribution in [2.75, 3.05) is 18.9 Å². The third-order valence-corrected chi connectivity index (χ3v) is 8.33. The number of halogens is 1. The summed E-state index contributed by atoms with van der Waals surface area (Å²) in [6.07, 6.45) is 6.52. The zero-order valence-electron chi connectivity index (χ0n) is 25.9. The maximum Gasteiger partial charge on any atom is 0.256 e. The van der Waals surface area contributed by atoms with Gasteiger partial charge in [0.1, 0.15) is 23.1 Å². The number of pyridine rings is 1. The molecule has 4 aromatic rings. The van der Waals surface area contributed by atoms with Gasteiger partial charge in [-0.2, -0.15) is 0 Å². The van der Waals surface area contributed by atoms with Crippen LogP contribution in [0.1, 0.15) is 54.4 Å². The van der Waals surface area contributed by atoms with Gasteiger partial charge in [0.2, 0.25) is 0 Å². The van der Waals surface area contributed by atoms with Crippen LogP contribution in [0, 0.1) is 12.7 Å². The number of nitrogens with one attached hydrogen (secondary N) is 1. The van der Waals surface area contributed by atoms with E-state index in [1.165, 1.54) is 35.1 Å². The van der Waals surface area contributed by atoms with E-state index in [0.717, 1.165) is 43.6 Å². The van der Waals surface area contributed by atoms with E-state index in [1.54, 1.807) is 37.3 Å². The second kappa shape index (κ2) is 14.9. The molecule has 3 N–H and O–H groups in total. The van der Waals surface area contributed by atoms with Crippen LogP contribution in [0.3, 0.4) is 0 Å². The van der Waals surface area contributed by atoms with Crippen molar-refractivity contribution in [2.45, 2.75) is 57.6 Å². The third-order valence-electron chi connectivity index (χ3n) is 8.33. The highest BCUT2D eigenvalue weighted by atomic mass is 19.1. The Morgan fingerprint density at radius 1 is 1.02 bits per heavy atom. The van der Waals surface area contributed by atoms with Gasteiger partial charge in [-0.25, -0.2) is 4.39 Å². The van der Waals surface area contributed by atoms with Crippen LogP contribution in [0.15, 0.2) is 109 Å². The van der Waals surface area contributed by atoms with Gasteiger partial charge in [0.15, 0.2) is 0 Å². The molecule has 0 bridgehead atoms. The fourth-order valence-corrected chi connectivity index (χ4v) is 5.75. The predicted molar refractivity (Wildman–Crippen MR) is 180 cm³/mol. The molecule has 45 heavy (non-hydrogen) atoms. The number of rotatable bonds is 14. The molecule has 1 fully saturated rings. The van der Waals surface area contributed by atoms with Crippen LogP contribution in [0.2, 0.25) is 0 Å².